The molecule has 0 aromatic carbocycles. The van der Waals surface area contributed by atoms with E-state index >= 15 is 0 Å². The minimum Gasteiger partial charge on any atom is -0.302 e. The standard InChI is InChI=1S/C12H20ClN3O2S2/c1-9-11(19-12(13)15-9)20(17,18)14-7-8-16(2)10-5-3-4-6-10/h10,14H,3-8H2,1-2H3. The molecule has 0 spiro atoms. The van der Waals surface area contributed by atoms with E-state index in [9.17, 15) is 8.42 Å². The van der Waals surface area contributed by atoms with Gasteiger partial charge in [-0.3, -0.25) is 0 Å². The summed E-state index contributed by atoms with van der Waals surface area (Å²) in [6.07, 6.45) is 4.98. The molecule has 0 unspecified atom stereocenters. The number of hydrogen-bond acceptors (Lipinski definition) is 5. The summed E-state index contributed by atoms with van der Waals surface area (Å²) in [6, 6.07) is 0.596. The van der Waals surface area contributed by atoms with Gasteiger partial charge in [-0.15, -0.1) is 0 Å². The highest BCUT2D eigenvalue weighted by Gasteiger charge is 2.22. The molecule has 0 amide bonds. The molecule has 1 aliphatic rings. The highest BCUT2D eigenvalue weighted by Crippen LogP contribution is 2.26. The second-order valence-electron chi connectivity index (χ2n) is 5.16. The number of nitrogens with one attached hydrogen (secondary N) is 1. The minimum atomic E-state index is -3.49. The second kappa shape index (κ2) is 6.70. The molecule has 1 saturated carbocycles. The Morgan fingerprint density at radius 1 is 1.45 bits per heavy atom. The monoisotopic (exact) mass is 337 g/mol. The van der Waals surface area contributed by atoms with Crippen molar-refractivity contribution in [2.75, 3.05) is 20.1 Å². The summed E-state index contributed by atoms with van der Waals surface area (Å²) in [4.78, 5) is 6.18. The molecule has 1 aromatic rings. The van der Waals surface area contributed by atoms with Crippen molar-refractivity contribution in [1.29, 1.82) is 0 Å². The number of halogens is 1. The number of likely N-dealkylation sites (N-methyl/N-ethyl adjacent to an activating group) is 1. The van der Waals surface area contributed by atoms with Crippen LogP contribution in [-0.4, -0.2) is 44.5 Å². The van der Waals surface area contributed by atoms with E-state index in [1.165, 1.54) is 25.7 Å². The normalized spacial score (nSPS) is 17.2. The smallest absolute Gasteiger partial charge is 0.252 e. The molecule has 0 saturated heterocycles. The second-order valence-corrected chi connectivity index (χ2v) is 8.70. The summed E-state index contributed by atoms with van der Waals surface area (Å²) in [5.74, 6) is 0. The molecule has 1 N–H and O–H groups in total. The first-order chi connectivity index (χ1) is 9.40. The molecule has 1 fully saturated rings. The van der Waals surface area contributed by atoms with Gasteiger partial charge in [0.25, 0.3) is 10.0 Å². The predicted octanol–water partition coefficient (Wildman–Crippen LogP) is 2.26. The van der Waals surface area contributed by atoms with Crippen LogP contribution in [0.4, 0.5) is 0 Å². The van der Waals surface area contributed by atoms with Gasteiger partial charge in [-0.2, -0.15) is 0 Å². The van der Waals surface area contributed by atoms with Crippen LogP contribution in [0, 0.1) is 6.92 Å². The van der Waals surface area contributed by atoms with Crippen molar-refractivity contribution in [3.05, 3.63) is 10.2 Å². The lowest BCUT2D eigenvalue weighted by Crippen LogP contribution is -2.37. The van der Waals surface area contributed by atoms with Gasteiger partial charge in [0.05, 0.1) is 5.69 Å². The van der Waals surface area contributed by atoms with Crippen LogP contribution < -0.4 is 4.72 Å². The number of hydrogen-bond donors (Lipinski definition) is 1. The molecule has 2 rings (SSSR count). The van der Waals surface area contributed by atoms with Crippen LogP contribution in [0.2, 0.25) is 4.47 Å². The van der Waals surface area contributed by atoms with Crippen molar-refractivity contribution >= 4 is 33.0 Å². The molecule has 0 radical (unpaired) electrons. The van der Waals surface area contributed by atoms with Crippen molar-refractivity contribution in [3.63, 3.8) is 0 Å². The molecule has 8 heteroatoms. The fourth-order valence-corrected chi connectivity index (χ4v) is 5.35. The maximum atomic E-state index is 12.2. The first-order valence-electron chi connectivity index (χ1n) is 6.73. The first-order valence-corrected chi connectivity index (χ1v) is 9.41. The first kappa shape index (κ1) is 16.2. The molecular formula is C12H20ClN3O2S2. The van der Waals surface area contributed by atoms with Gasteiger partial charge >= 0.3 is 0 Å². The topological polar surface area (TPSA) is 62.3 Å². The van der Waals surface area contributed by atoms with Crippen LogP contribution in [0.25, 0.3) is 0 Å². The molecule has 0 atom stereocenters. The van der Waals surface area contributed by atoms with Gasteiger partial charge < -0.3 is 4.90 Å². The lowest BCUT2D eigenvalue weighted by Gasteiger charge is -2.23. The van der Waals surface area contributed by atoms with Crippen LogP contribution in [-0.2, 0) is 10.0 Å². The lowest BCUT2D eigenvalue weighted by atomic mass is 10.2. The number of thiazole rings is 1. The molecule has 1 heterocycles. The number of aromatic nitrogens is 1. The third-order valence-corrected chi connectivity index (χ3v) is 7.01. The van der Waals surface area contributed by atoms with Crippen molar-refractivity contribution in [2.24, 2.45) is 0 Å². The highest BCUT2D eigenvalue weighted by molar-refractivity contribution is 7.91. The van der Waals surface area contributed by atoms with Gasteiger partial charge in [0.1, 0.15) is 0 Å². The van der Waals surface area contributed by atoms with Crippen LogP contribution in [0.15, 0.2) is 4.21 Å². The number of sulfonamides is 1. The number of rotatable bonds is 6. The Hall–Kier alpha value is -0.210. The van der Waals surface area contributed by atoms with Crippen molar-refractivity contribution in [2.45, 2.75) is 42.9 Å². The third-order valence-electron chi connectivity index (χ3n) is 3.68. The maximum absolute atomic E-state index is 12.2. The zero-order valence-corrected chi connectivity index (χ0v) is 14.1. The average molecular weight is 338 g/mol. The average Bonchev–Trinajstić information content (AvgIpc) is 2.98. The van der Waals surface area contributed by atoms with E-state index in [2.05, 4.69) is 21.7 Å². The number of aryl methyl sites for hydroxylation is 1. The van der Waals surface area contributed by atoms with Gasteiger partial charge in [-0.1, -0.05) is 35.8 Å². The fraction of sp³-hybridized carbons (Fsp3) is 0.750. The van der Waals surface area contributed by atoms with Gasteiger partial charge in [0.15, 0.2) is 8.68 Å². The summed E-state index contributed by atoms with van der Waals surface area (Å²) >= 11 is 6.74. The molecular weight excluding hydrogens is 318 g/mol. The van der Waals surface area contributed by atoms with Gasteiger partial charge in [0, 0.05) is 19.1 Å². The summed E-state index contributed by atoms with van der Waals surface area (Å²) in [7, 11) is -1.44. The van der Waals surface area contributed by atoms with E-state index < -0.39 is 10.0 Å². The highest BCUT2D eigenvalue weighted by atomic mass is 35.5. The third kappa shape index (κ3) is 3.92. The van der Waals surface area contributed by atoms with Crippen molar-refractivity contribution < 1.29 is 8.42 Å². The molecule has 114 valence electrons. The van der Waals surface area contributed by atoms with Crippen LogP contribution in [0.1, 0.15) is 31.4 Å². The van der Waals surface area contributed by atoms with E-state index in [1.807, 2.05) is 0 Å². The SMILES string of the molecule is Cc1nc(Cl)sc1S(=O)(=O)NCCN(C)C1CCCC1. The summed E-state index contributed by atoms with van der Waals surface area (Å²) in [6.45, 7) is 2.78. The van der Waals surface area contributed by atoms with Crippen molar-refractivity contribution in [3.8, 4) is 0 Å². The Kier molecular flexibility index (Phi) is 5.42. The van der Waals surface area contributed by atoms with Gasteiger partial charge in [-0.25, -0.2) is 18.1 Å². The molecule has 0 bridgehead atoms. The Balaban J connectivity index is 1.88. The molecule has 5 nitrogen and oxygen atoms in total. The van der Waals surface area contributed by atoms with E-state index in [4.69, 9.17) is 11.6 Å². The van der Waals surface area contributed by atoms with E-state index in [0.29, 0.717) is 18.3 Å². The zero-order valence-electron chi connectivity index (χ0n) is 11.7. The van der Waals surface area contributed by atoms with E-state index in [1.54, 1.807) is 6.92 Å². The van der Waals surface area contributed by atoms with E-state index in [0.717, 1.165) is 17.9 Å². The Morgan fingerprint density at radius 2 is 2.10 bits per heavy atom. The summed E-state index contributed by atoms with van der Waals surface area (Å²) < 4.78 is 27.4. The minimum absolute atomic E-state index is 0.214. The van der Waals surface area contributed by atoms with Gasteiger partial charge in [-0.05, 0) is 26.8 Å². The zero-order chi connectivity index (χ0) is 14.8. The fourth-order valence-electron chi connectivity index (χ4n) is 2.55. The molecule has 20 heavy (non-hydrogen) atoms. The molecule has 0 aliphatic heterocycles. The number of nitrogens with zero attached hydrogens (tertiary/aromatic N) is 2. The molecule has 1 aromatic heterocycles. The van der Waals surface area contributed by atoms with Crippen LogP contribution in [0.3, 0.4) is 0 Å². The maximum Gasteiger partial charge on any atom is 0.252 e. The van der Waals surface area contributed by atoms with Gasteiger partial charge in [0.2, 0.25) is 0 Å². The Morgan fingerprint density at radius 3 is 2.65 bits per heavy atom. The quantitative estimate of drug-likeness (QED) is 0.865. The largest absolute Gasteiger partial charge is 0.302 e. The van der Waals surface area contributed by atoms with E-state index in [-0.39, 0.29) is 8.68 Å². The lowest BCUT2D eigenvalue weighted by molar-refractivity contribution is 0.250. The van der Waals surface area contributed by atoms with Crippen molar-refractivity contribution in [1.82, 2.24) is 14.6 Å². The predicted molar refractivity (Wildman–Crippen MR) is 81.9 cm³/mol. The van der Waals surface area contributed by atoms with Crippen LogP contribution >= 0.6 is 22.9 Å². The van der Waals surface area contributed by atoms with Crippen LogP contribution in [0.5, 0.6) is 0 Å². The Labute approximate surface area is 129 Å². The Bertz CT molecular complexity index is 553. The molecule has 1 aliphatic carbocycles. The summed E-state index contributed by atoms with van der Waals surface area (Å²) in [5.41, 5.74) is 0.455. The summed E-state index contributed by atoms with van der Waals surface area (Å²) in [5, 5.41) is 0.